The maximum Gasteiger partial charge on any atom is 0.227 e. The molecule has 2 amide bonds. The van der Waals surface area contributed by atoms with Crippen molar-refractivity contribution in [1.29, 1.82) is 0 Å². The van der Waals surface area contributed by atoms with E-state index in [9.17, 15) is 9.59 Å². The van der Waals surface area contributed by atoms with E-state index in [1.807, 2.05) is 4.90 Å². The minimum atomic E-state index is -0.123. The van der Waals surface area contributed by atoms with Crippen molar-refractivity contribution >= 4 is 11.8 Å². The largest absolute Gasteiger partial charge is 0.379 e. The lowest BCUT2D eigenvalue weighted by molar-refractivity contribution is -0.142. The van der Waals surface area contributed by atoms with Gasteiger partial charge in [-0.2, -0.15) is 0 Å². The molecule has 25 heavy (non-hydrogen) atoms. The van der Waals surface area contributed by atoms with Gasteiger partial charge in [-0.15, -0.1) is 0 Å². The van der Waals surface area contributed by atoms with Gasteiger partial charge in [-0.25, -0.2) is 4.98 Å². The molecule has 0 radical (unpaired) electrons. The first-order chi connectivity index (χ1) is 12.1. The summed E-state index contributed by atoms with van der Waals surface area (Å²) in [5.74, 6) is 0.889. The second-order valence-corrected chi connectivity index (χ2v) is 6.76. The summed E-state index contributed by atoms with van der Waals surface area (Å²) in [5, 5.41) is 0. The third-order valence-electron chi connectivity index (χ3n) is 4.96. The number of morpholine rings is 1. The first kappa shape index (κ1) is 17.9. The predicted octanol–water partition coefficient (Wildman–Crippen LogP) is -0.0611. The SMILES string of the molecule is CN(Cc1ncc[nH]1)C(=O)[C@@H]1CCC(=O)N(CCN2CCOCC2)C1. The van der Waals surface area contributed by atoms with Crippen molar-refractivity contribution in [1.82, 2.24) is 24.7 Å². The highest BCUT2D eigenvalue weighted by Gasteiger charge is 2.32. The molecule has 1 N–H and O–H groups in total. The van der Waals surface area contributed by atoms with E-state index in [2.05, 4.69) is 14.9 Å². The summed E-state index contributed by atoms with van der Waals surface area (Å²) in [4.78, 5) is 37.9. The molecule has 0 aliphatic carbocycles. The fourth-order valence-electron chi connectivity index (χ4n) is 3.42. The zero-order valence-corrected chi connectivity index (χ0v) is 14.8. The Balaban J connectivity index is 1.50. The first-order valence-electron chi connectivity index (χ1n) is 8.94. The molecule has 0 bridgehead atoms. The van der Waals surface area contributed by atoms with Crippen LogP contribution in [0.5, 0.6) is 0 Å². The number of carbonyl (C=O) groups is 2. The number of amides is 2. The molecule has 8 heteroatoms. The van der Waals surface area contributed by atoms with Crippen molar-refractivity contribution in [2.75, 3.05) is 53.0 Å². The lowest BCUT2D eigenvalue weighted by atomic mass is 9.96. The number of hydrogen-bond acceptors (Lipinski definition) is 5. The fraction of sp³-hybridized carbons (Fsp3) is 0.706. The van der Waals surface area contributed by atoms with Crippen molar-refractivity contribution in [2.24, 2.45) is 5.92 Å². The zero-order chi connectivity index (χ0) is 17.6. The summed E-state index contributed by atoms with van der Waals surface area (Å²) in [6.45, 7) is 5.85. The van der Waals surface area contributed by atoms with Gasteiger partial charge >= 0.3 is 0 Å². The van der Waals surface area contributed by atoms with Crippen LogP contribution in [0.4, 0.5) is 0 Å². The molecule has 0 saturated carbocycles. The molecule has 2 aliphatic heterocycles. The van der Waals surface area contributed by atoms with Crippen LogP contribution >= 0.6 is 0 Å². The van der Waals surface area contributed by atoms with Gasteiger partial charge in [0.2, 0.25) is 11.8 Å². The van der Waals surface area contributed by atoms with Crippen LogP contribution < -0.4 is 0 Å². The smallest absolute Gasteiger partial charge is 0.227 e. The van der Waals surface area contributed by atoms with Crippen molar-refractivity contribution in [3.63, 3.8) is 0 Å². The first-order valence-corrected chi connectivity index (χ1v) is 8.94. The van der Waals surface area contributed by atoms with Crippen LogP contribution in [0.2, 0.25) is 0 Å². The molecule has 2 aliphatic rings. The molecule has 1 aromatic rings. The van der Waals surface area contributed by atoms with Gasteiger partial charge in [0.25, 0.3) is 0 Å². The van der Waals surface area contributed by atoms with Crippen LogP contribution in [0, 0.1) is 5.92 Å². The molecule has 1 aromatic heterocycles. The highest BCUT2D eigenvalue weighted by Crippen LogP contribution is 2.20. The molecule has 2 fully saturated rings. The summed E-state index contributed by atoms with van der Waals surface area (Å²) in [7, 11) is 1.79. The Kier molecular flexibility index (Phi) is 6.04. The standard InChI is InChI=1S/C17H27N5O3/c1-20(13-15-18-4-5-19-15)17(24)14-2-3-16(23)22(12-14)7-6-21-8-10-25-11-9-21/h4-5,14H,2-3,6-13H2,1H3,(H,18,19)/t14-/m1/s1. The van der Waals surface area contributed by atoms with Crippen molar-refractivity contribution < 1.29 is 14.3 Å². The molecule has 1 atom stereocenters. The van der Waals surface area contributed by atoms with Gasteiger partial charge in [-0.05, 0) is 6.42 Å². The van der Waals surface area contributed by atoms with Crippen LogP contribution in [0.3, 0.4) is 0 Å². The minimum Gasteiger partial charge on any atom is -0.379 e. The second-order valence-electron chi connectivity index (χ2n) is 6.76. The highest BCUT2D eigenvalue weighted by molar-refractivity contribution is 5.83. The normalized spacial score (nSPS) is 22.2. The molecule has 2 saturated heterocycles. The predicted molar refractivity (Wildman–Crippen MR) is 91.6 cm³/mol. The molecule has 8 nitrogen and oxygen atoms in total. The number of imidazole rings is 1. The van der Waals surface area contributed by atoms with Crippen molar-refractivity contribution in [3.8, 4) is 0 Å². The number of piperidine rings is 1. The number of likely N-dealkylation sites (tertiary alicyclic amines) is 1. The average molecular weight is 349 g/mol. The topological polar surface area (TPSA) is 81.8 Å². The van der Waals surface area contributed by atoms with E-state index in [-0.39, 0.29) is 17.7 Å². The van der Waals surface area contributed by atoms with E-state index in [0.717, 1.165) is 38.7 Å². The Hall–Kier alpha value is -1.93. The number of rotatable bonds is 6. The van der Waals surface area contributed by atoms with Crippen molar-refractivity contribution in [2.45, 2.75) is 19.4 Å². The third-order valence-corrected chi connectivity index (χ3v) is 4.96. The number of aromatic nitrogens is 2. The van der Waals surface area contributed by atoms with Crippen LogP contribution in [0.15, 0.2) is 12.4 Å². The molecular weight excluding hydrogens is 322 g/mol. The van der Waals surface area contributed by atoms with Gasteiger partial charge in [-0.3, -0.25) is 14.5 Å². The van der Waals surface area contributed by atoms with Gasteiger partial charge in [0, 0.05) is 58.6 Å². The molecule has 138 valence electrons. The summed E-state index contributed by atoms with van der Waals surface area (Å²) in [6, 6.07) is 0. The third kappa shape index (κ3) is 4.79. The van der Waals surface area contributed by atoms with E-state index in [1.54, 1.807) is 24.3 Å². The number of H-pyrrole nitrogens is 1. The van der Waals surface area contributed by atoms with Gasteiger partial charge in [0.1, 0.15) is 5.82 Å². The zero-order valence-electron chi connectivity index (χ0n) is 14.8. The van der Waals surface area contributed by atoms with Gasteiger partial charge in [0.05, 0.1) is 25.7 Å². The Morgan fingerprint density at radius 2 is 2.20 bits per heavy atom. The van der Waals surface area contributed by atoms with E-state index < -0.39 is 0 Å². The number of hydrogen-bond donors (Lipinski definition) is 1. The molecule has 0 unspecified atom stereocenters. The number of nitrogens with zero attached hydrogens (tertiary/aromatic N) is 4. The number of aromatic amines is 1. The maximum absolute atomic E-state index is 12.7. The van der Waals surface area contributed by atoms with Crippen LogP contribution in [-0.4, -0.2) is 89.5 Å². The van der Waals surface area contributed by atoms with E-state index in [4.69, 9.17) is 4.74 Å². The molecule has 3 heterocycles. The lowest BCUT2D eigenvalue weighted by Crippen LogP contribution is -2.49. The second kappa shape index (κ2) is 8.44. The van der Waals surface area contributed by atoms with Gasteiger partial charge in [-0.1, -0.05) is 0 Å². The van der Waals surface area contributed by atoms with E-state index in [0.29, 0.717) is 32.5 Å². The molecule has 0 spiro atoms. The van der Waals surface area contributed by atoms with E-state index >= 15 is 0 Å². The molecule has 0 aromatic carbocycles. The Morgan fingerprint density at radius 3 is 2.92 bits per heavy atom. The summed E-state index contributed by atoms with van der Waals surface area (Å²) in [6.07, 6.45) is 4.52. The fourth-order valence-corrected chi connectivity index (χ4v) is 3.42. The van der Waals surface area contributed by atoms with Crippen LogP contribution in [-0.2, 0) is 20.9 Å². The van der Waals surface area contributed by atoms with Crippen LogP contribution in [0.25, 0.3) is 0 Å². The number of carbonyl (C=O) groups excluding carboxylic acids is 2. The van der Waals surface area contributed by atoms with Crippen molar-refractivity contribution in [3.05, 3.63) is 18.2 Å². The monoisotopic (exact) mass is 349 g/mol. The highest BCUT2D eigenvalue weighted by atomic mass is 16.5. The van der Waals surface area contributed by atoms with Gasteiger partial charge < -0.3 is 19.5 Å². The summed E-state index contributed by atoms with van der Waals surface area (Å²) >= 11 is 0. The Bertz CT molecular complexity index is 571. The minimum absolute atomic E-state index is 0.0836. The average Bonchev–Trinajstić information content (AvgIpc) is 3.14. The van der Waals surface area contributed by atoms with Crippen LogP contribution in [0.1, 0.15) is 18.7 Å². The van der Waals surface area contributed by atoms with E-state index in [1.165, 1.54) is 0 Å². The Labute approximate surface area is 148 Å². The molecular formula is C17H27N5O3. The summed E-state index contributed by atoms with van der Waals surface area (Å²) < 4.78 is 5.35. The quantitative estimate of drug-likeness (QED) is 0.778. The maximum atomic E-state index is 12.7. The molecule has 3 rings (SSSR count). The lowest BCUT2D eigenvalue weighted by Gasteiger charge is -2.35. The van der Waals surface area contributed by atoms with Gasteiger partial charge in [0.15, 0.2) is 0 Å². The Morgan fingerprint density at radius 1 is 1.40 bits per heavy atom. The summed E-state index contributed by atoms with van der Waals surface area (Å²) in [5.41, 5.74) is 0. The number of nitrogens with one attached hydrogen (secondary N) is 1. The number of ether oxygens (including phenoxy) is 1.